The number of benzene rings is 1. The van der Waals surface area contributed by atoms with Crippen LogP contribution in [0, 0.1) is 0 Å². The van der Waals surface area contributed by atoms with Gasteiger partial charge >= 0.3 is 119 Å². The number of Topliss-reactive ketones (excluding diaryl/α,β-unsaturated/α-hetero) is 4. The second-order valence-electron chi connectivity index (χ2n) is 26.2. The number of aliphatic hydroxyl groups excluding tert-OH is 3. The maximum Gasteiger partial charge on any atom is 0.344 e. The number of hydroxylamine groups is 4. The van der Waals surface area contributed by atoms with Crippen LogP contribution in [0.5, 0.6) is 0 Å². The molecule has 2 aliphatic heterocycles. The molecule has 4 amide bonds. The SMILES string of the molecule is C.CC(=O)CC(=O)O.CC(=O)CC(=O)OCCO.CC(=O)CC(=O)OCCOC(=O)CCCC(=O)O.CC(=O)CC(=O)OCCOC(=O)CCCC(=O)OCOC(=O)CCCC(=O)OCCOC(=O)CC(=O)OCc1ccccc1.O=C(CCCC(=O)OCOC(=O)CCCC(=O)OCCOC(=O)CC(=O)ON1C(=O)CCC1=O)OCCOC(=O)CC(=O)ON1C(=O)CCC1=O.OCCO. The number of rotatable bonds is 60. The number of ketones is 4. The van der Waals surface area contributed by atoms with Crippen molar-refractivity contribution in [2.24, 2.45) is 0 Å². The van der Waals surface area contributed by atoms with Crippen LogP contribution in [-0.2, 0) is 226 Å². The summed E-state index contributed by atoms with van der Waals surface area (Å²) in [5.41, 5.74) is 0.771. The largest absolute Gasteiger partial charge is 0.481 e. The molecule has 3 rings (SSSR count). The van der Waals surface area contributed by atoms with E-state index >= 15 is 0 Å². The highest BCUT2D eigenvalue weighted by atomic mass is 16.7. The van der Waals surface area contributed by atoms with E-state index in [4.69, 9.17) is 87.1 Å². The zero-order chi connectivity index (χ0) is 102. The summed E-state index contributed by atoms with van der Waals surface area (Å²) in [5, 5.41) is 40.2. The lowest BCUT2D eigenvalue weighted by atomic mass is 10.2. The van der Waals surface area contributed by atoms with Crippen molar-refractivity contribution < 1.29 is 245 Å². The number of carbonyl (C=O) groups is 28. The van der Waals surface area contributed by atoms with Gasteiger partial charge in [-0.1, -0.05) is 37.8 Å². The molecule has 0 aliphatic carbocycles. The van der Waals surface area contributed by atoms with Crippen molar-refractivity contribution in [1.29, 1.82) is 0 Å². The molecule has 2 aliphatic rings. The van der Waals surface area contributed by atoms with E-state index in [9.17, 15) is 134 Å². The van der Waals surface area contributed by atoms with Gasteiger partial charge < -0.3 is 111 Å². The van der Waals surface area contributed by atoms with Gasteiger partial charge in [-0.2, -0.15) is 0 Å². The Morgan fingerprint density at radius 2 is 0.467 bits per heavy atom. The number of hydrogen-bond donors (Lipinski definition) is 5. The van der Waals surface area contributed by atoms with Crippen molar-refractivity contribution in [3.63, 3.8) is 0 Å². The third-order valence-electron chi connectivity index (χ3n) is 14.3. The molecule has 1 aromatic carbocycles. The second-order valence-corrected chi connectivity index (χ2v) is 26.2. The Morgan fingerprint density at radius 1 is 0.252 bits per heavy atom. The Labute approximate surface area is 769 Å². The zero-order valence-corrected chi connectivity index (χ0v) is 73.7. The summed E-state index contributed by atoms with van der Waals surface area (Å²) >= 11 is 0. The lowest BCUT2D eigenvalue weighted by Crippen LogP contribution is -2.33. The third-order valence-corrected chi connectivity index (χ3v) is 14.3. The quantitative estimate of drug-likeness (QED) is 0.0139. The van der Waals surface area contributed by atoms with Crippen molar-refractivity contribution in [1.82, 2.24) is 10.1 Å². The van der Waals surface area contributed by atoms with Crippen molar-refractivity contribution in [3.8, 4) is 0 Å². The van der Waals surface area contributed by atoms with Crippen LogP contribution in [0.1, 0.15) is 208 Å². The number of aliphatic hydroxyl groups is 3. The summed E-state index contributed by atoms with van der Waals surface area (Å²) in [5.74, 6) is -20.3. The van der Waals surface area contributed by atoms with Crippen LogP contribution >= 0.6 is 0 Å². The van der Waals surface area contributed by atoms with E-state index in [0.29, 0.717) is 0 Å². The molecular weight excluding hydrogens is 1830 g/mol. The van der Waals surface area contributed by atoms with Crippen LogP contribution in [0.2, 0.25) is 0 Å². The van der Waals surface area contributed by atoms with Crippen LogP contribution in [0.3, 0.4) is 0 Å². The van der Waals surface area contributed by atoms with Crippen LogP contribution in [-0.4, -0.2) is 308 Å². The van der Waals surface area contributed by atoms with Gasteiger partial charge in [-0.15, -0.1) is 10.1 Å². The first-order valence-corrected chi connectivity index (χ1v) is 40.3. The summed E-state index contributed by atoms with van der Waals surface area (Å²) < 4.78 is 75.8. The first-order valence-electron chi connectivity index (χ1n) is 40.3. The molecule has 756 valence electrons. The average Bonchev–Trinajstić information content (AvgIpc) is 1.73. The normalized spacial score (nSPS) is 11.1. The Morgan fingerprint density at radius 3 is 0.689 bits per heavy atom. The van der Waals surface area contributed by atoms with Gasteiger partial charge in [0, 0.05) is 89.9 Å². The third kappa shape index (κ3) is 81.2. The standard InChI is InChI=1S/C29H34N2O20.C29H36O15.C11H16O7.C6H10O4.C4H6O3.C2H6O2.CH4/c32-18-7-8-19(33)30(18)50-28(42)15-26(40)46-13-11-44-22(36)3-1-5-24(38)48-17-49-25(39)6-2-4-23(37)45-12-14-47-27(41)16-29(43)51-31-20(34)9-10-21(31)35;1-21(30)17-27(35)40-15-13-38-23(31)9-5-11-25(33)43-20-44-26(34)12-6-10-24(32)39-14-16-41-28(36)18-29(37)42-19-22-7-3-2-4-8-22;1-8(12)7-11(16)18-6-5-17-10(15)4-2-3-9(13)14;1-5(8)4-6(9)10-3-2-7;1-3(5)2-4(6)7;3-1-2-4;/h1-17H2;2-4,7-8H,5-6,9-20H2,1H3;2-7H2,1H3,(H,13,14);7H,2-4H2,1H3;2H2,1H3,(H,6,7);3-4H,1-2H2;1H4. The van der Waals surface area contributed by atoms with Crippen LogP contribution in [0.15, 0.2) is 30.3 Å². The fourth-order valence-electron chi connectivity index (χ4n) is 8.43. The molecule has 0 aromatic heterocycles. The van der Waals surface area contributed by atoms with Gasteiger partial charge in [0.25, 0.3) is 23.6 Å². The lowest BCUT2D eigenvalue weighted by Gasteiger charge is -2.12. The maximum absolute atomic E-state index is 11.7. The number of esters is 16. The molecular formula is C82H112N2O51. The summed E-state index contributed by atoms with van der Waals surface area (Å²) in [6.07, 6.45) is -5.03. The van der Waals surface area contributed by atoms with E-state index in [-0.39, 0.29) is 274 Å². The van der Waals surface area contributed by atoms with E-state index in [1.165, 1.54) is 27.7 Å². The maximum atomic E-state index is 11.7. The molecule has 0 saturated carbocycles. The summed E-state index contributed by atoms with van der Waals surface area (Å²) in [6, 6.07) is 8.92. The highest BCUT2D eigenvalue weighted by Crippen LogP contribution is 2.15. The molecule has 2 saturated heterocycles. The molecule has 135 heavy (non-hydrogen) atoms. The highest BCUT2D eigenvalue weighted by molar-refractivity contribution is 6.04. The first-order chi connectivity index (χ1) is 63.4. The number of ether oxygens (including phenoxy) is 16. The van der Waals surface area contributed by atoms with Crippen molar-refractivity contribution in [2.45, 2.75) is 209 Å². The average molecular weight is 1940 g/mol. The van der Waals surface area contributed by atoms with E-state index in [1.54, 1.807) is 24.3 Å². The number of carbonyl (C=O) groups excluding carboxylic acids is 26. The summed E-state index contributed by atoms with van der Waals surface area (Å²) in [6.45, 7) is 0.648. The number of nitrogens with zero attached hydrogens (tertiary/aromatic N) is 2. The molecule has 53 heteroatoms. The molecule has 0 unspecified atom stereocenters. The number of imide groups is 2. The number of amides is 4. The summed E-state index contributed by atoms with van der Waals surface area (Å²) in [7, 11) is 0. The number of hydrogen-bond acceptors (Lipinski definition) is 49. The highest BCUT2D eigenvalue weighted by Gasteiger charge is 2.35. The minimum absolute atomic E-state index is 0. The Bertz CT molecular complexity index is 3910. The van der Waals surface area contributed by atoms with Gasteiger partial charge in [-0.05, 0) is 65.4 Å². The van der Waals surface area contributed by atoms with Gasteiger partial charge in [0.15, 0.2) is 0 Å². The zero-order valence-electron chi connectivity index (χ0n) is 73.7. The fourth-order valence-corrected chi connectivity index (χ4v) is 8.43. The van der Waals surface area contributed by atoms with Gasteiger partial charge in [0.1, 0.15) is 147 Å². The van der Waals surface area contributed by atoms with E-state index in [0.717, 1.165) is 5.56 Å². The first kappa shape index (κ1) is 127. The predicted octanol–water partition coefficient (Wildman–Crippen LogP) is -0.340. The van der Waals surface area contributed by atoms with Crippen LogP contribution < -0.4 is 0 Å². The Balaban J connectivity index is -0.000000910. The molecule has 0 radical (unpaired) electrons. The molecule has 0 spiro atoms. The summed E-state index contributed by atoms with van der Waals surface area (Å²) in [4.78, 5) is 323. The van der Waals surface area contributed by atoms with Gasteiger partial charge in [0.05, 0.1) is 19.8 Å². The molecule has 53 nitrogen and oxygen atoms in total. The minimum Gasteiger partial charge on any atom is -0.481 e. The lowest BCUT2D eigenvalue weighted by molar-refractivity contribution is -0.198. The number of carboxylic acids is 2. The van der Waals surface area contributed by atoms with Crippen molar-refractivity contribution >= 4 is 166 Å². The minimum atomic E-state index is -1.18. The molecule has 0 bridgehead atoms. The number of carboxylic acid groups (broad SMARTS) is 2. The van der Waals surface area contributed by atoms with Gasteiger partial charge in [-0.3, -0.25) is 125 Å². The van der Waals surface area contributed by atoms with Crippen LogP contribution in [0.25, 0.3) is 0 Å². The van der Waals surface area contributed by atoms with Crippen molar-refractivity contribution in [3.05, 3.63) is 35.9 Å². The molecule has 0 atom stereocenters. The monoisotopic (exact) mass is 1940 g/mol. The van der Waals surface area contributed by atoms with Crippen LogP contribution in [0.4, 0.5) is 0 Å². The van der Waals surface area contributed by atoms with Crippen molar-refractivity contribution in [2.75, 3.05) is 106 Å². The van der Waals surface area contributed by atoms with Gasteiger partial charge in [0.2, 0.25) is 13.6 Å². The molecule has 2 fully saturated rings. The Kier molecular flexibility index (Phi) is 75.4. The molecule has 2 heterocycles. The molecule has 5 N–H and O–H groups in total. The number of aliphatic carboxylic acids is 2. The van der Waals surface area contributed by atoms with E-state index in [2.05, 4.69) is 23.9 Å². The predicted molar refractivity (Wildman–Crippen MR) is 433 cm³/mol. The van der Waals surface area contributed by atoms with E-state index in [1.807, 2.05) is 6.07 Å². The molecule has 1 aromatic rings. The second kappa shape index (κ2) is 80.3. The van der Waals surface area contributed by atoms with Gasteiger partial charge in [-0.25, -0.2) is 9.59 Å². The van der Waals surface area contributed by atoms with E-state index < -0.39 is 189 Å². The fraction of sp³-hybridized carbons (Fsp3) is 0.585. The Hall–Kier alpha value is -14.5. The topological polar surface area (TPSA) is 752 Å². The smallest absolute Gasteiger partial charge is 0.344 e.